The number of nitrogens with zero attached hydrogens (tertiary/aromatic N) is 2. The molecule has 0 aromatic carbocycles. The Labute approximate surface area is 107 Å². The highest BCUT2D eigenvalue weighted by Gasteiger charge is 2.39. The van der Waals surface area contributed by atoms with E-state index in [0.29, 0.717) is 11.4 Å². The molecule has 1 aliphatic carbocycles. The molecule has 1 unspecified atom stereocenters. The molecular formula is C11H12ClF3N2O. The molecule has 0 aliphatic heterocycles. The summed E-state index contributed by atoms with van der Waals surface area (Å²) in [6, 6.07) is 0. The molecular weight excluding hydrogens is 269 g/mol. The zero-order valence-corrected chi connectivity index (χ0v) is 10.6. The molecule has 2 rings (SSSR count). The van der Waals surface area contributed by atoms with Crippen molar-refractivity contribution in [2.45, 2.75) is 44.9 Å². The lowest BCUT2D eigenvalue weighted by Gasteiger charge is -2.18. The van der Waals surface area contributed by atoms with E-state index < -0.39 is 12.3 Å². The van der Waals surface area contributed by atoms with Crippen molar-refractivity contribution in [3.63, 3.8) is 0 Å². The first-order valence-corrected chi connectivity index (χ1v) is 5.94. The number of rotatable bonds is 3. The lowest BCUT2D eigenvalue weighted by atomic mass is 10.3. The van der Waals surface area contributed by atoms with E-state index in [9.17, 15) is 13.2 Å². The minimum absolute atomic E-state index is 0.0817. The summed E-state index contributed by atoms with van der Waals surface area (Å²) in [5, 5.41) is 0.149. The number of hydrogen-bond donors (Lipinski definition) is 0. The van der Waals surface area contributed by atoms with Gasteiger partial charge in [-0.1, -0.05) is 11.6 Å². The van der Waals surface area contributed by atoms with Crippen molar-refractivity contribution >= 4 is 11.6 Å². The summed E-state index contributed by atoms with van der Waals surface area (Å²) in [5.74, 6) is 0.586. The Morgan fingerprint density at radius 2 is 1.94 bits per heavy atom. The predicted octanol–water partition coefficient (Wildman–Crippen LogP) is 3.65. The monoisotopic (exact) mass is 280 g/mol. The van der Waals surface area contributed by atoms with Crippen LogP contribution in [0.25, 0.3) is 0 Å². The van der Waals surface area contributed by atoms with Crippen LogP contribution in [0.5, 0.6) is 5.88 Å². The van der Waals surface area contributed by atoms with Crippen molar-refractivity contribution in [2.24, 2.45) is 0 Å². The molecule has 3 nitrogen and oxygen atoms in total. The van der Waals surface area contributed by atoms with E-state index in [1.807, 2.05) is 0 Å². The molecule has 1 atom stereocenters. The molecule has 1 fully saturated rings. The van der Waals surface area contributed by atoms with Crippen molar-refractivity contribution < 1.29 is 17.9 Å². The fourth-order valence-corrected chi connectivity index (χ4v) is 1.53. The highest BCUT2D eigenvalue weighted by molar-refractivity contribution is 6.30. The van der Waals surface area contributed by atoms with Gasteiger partial charge in [-0.2, -0.15) is 18.2 Å². The quantitative estimate of drug-likeness (QED) is 0.793. The summed E-state index contributed by atoms with van der Waals surface area (Å²) in [6.45, 7) is 2.48. The summed E-state index contributed by atoms with van der Waals surface area (Å²) in [7, 11) is 0. The van der Waals surface area contributed by atoms with Gasteiger partial charge in [0.15, 0.2) is 6.10 Å². The molecule has 7 heteroatoms. The summed E-state index contributed by atoms with van der Waals surface area (Å²) in [5.41, 5.74) is 0.331. The minimum atomic E-state index is -4.43. The lowest BCUT2D eigenvalue weighted by Crippen LogP contribution is -2.31. The van der Waals surface area contributed by atoms with Crippen molar-refractivity contribution in [1.29, 1.82) is 0 Å². The smallest absolute Gasteiger partial charge is 0.425 e. The SMILES string of the molecule is Cc1c(Cl)nc(C2CC2)nc1OC(C)C(F)(F)F. The fraction of sp³-hybridized carbons (Fsp3) is 0.636. The number of aromatic nitrogens is 2. The van der Waals surface area contributed by atoms with Crippen LogP contribution >= 0.6 is 11.6 Å². The second-order valence-corrected chi connectivity index (χ2v) is 4.74. The summed E-state index contributed by atoms with van der Waals surface area (Å²) >= 11 is 5.88. The van der Waals surface area contributed by atoms with Crippen LogP contribution in [0.2, 0.25) is 5.15 Å². The fourth-order valence-electron chi connectivity index (χ4n) is 1.36. The molecule has 1 aliphatic rings. The average Bonchev–Trinajstić information content (AvgIpc) is 3.06. The minimum Gasteiger partial charge on any atom is -0.465 e. The van der Waals surface area contributed by atoms with Crippen LogP contribution in [0.15, 0.2) is 0 Å². The maximum Gasteiger partial charge on any atom is 0.425 e. The van der Waals surface area contributed by atoms with Gasteiger partial charge in [0, 0.05) is 11.5 Å². The maximum atomic E-state index is 12.4. The van der Waals surface area contributed by atoms with E-state index in [2.05, 4.69) is 9.97 Å². The van der Waals surface area contributed by atoms with Crippen LogP contribution in [0.1, 0.15) is 37.1 Å². The topological polar surface area (TPSA) is 35.0 Å². The lowest BCUT2D eigenvalue weighted by molar-refractivity contribution is -0.190. The Morgan fingerprint density at radius 3 is 2.44 bits per heavy atom. The highest BCUT2D eigenvalue weighted by atomic mass is 35.5. The molecule has 1 heterocycles. The molecule has 0 saturated heterocycles. The van der Waals surface area contributed by atoms with Gasteiger partial charge in [-0.05, 0) is 26.7 Å². The van der Waals surface area contributed by atoms with Crippen LogP contribution in [0.4, 0.5) is 13.2 Å². The van der Waals surface area contributed by atoms with Crippen LogP contribution in [-0.4, -0.2) is 22.2 Å². The van der Waals surface area contributed by atoms with E-state index in [4.69, 9.17) is 16.3 Å². The first-order valence-electron chi connectivity index (χ1n) is 5.56. The molecule has 0 bridgehead atoms. The third-order valence-corrected chi connectivity index (χ3v) is 3.12. The normalized spacial score (nSPS) is 17.7. The average molecular weight is 281 g/mol. The van der Waals surface area contributed by atoms with E-state index in [-0.39, 0.29) is 17.0 Å². The number of halogens is 4. The third kappa shape index (κ3) is 2.85. The van der Waals surface area contributed by atoms with Gasteiger partial charge in [0.1, 0.15) is 11.0 Å². The van der Waals surface area contributed by atoms with Crippen molar-refractivity contribution in [2.75, 3.05) is 0 Å². The molecule has 1 aromatic rings. The standard InChI is InChI=1S/C11H12ClF3N2O/c1-5-8(12)16-9(7-3-4-7)17-10(5)18-6(2)11(13,14)15/h6-7H,3-4H2,1-2H3. The summed E-state index contributed by atoms with van der Waals surface area (Å²) in [4.78, 5) is 8.09. The molecule has 0 N–H and O–H groups in total. The van der Waals surface area contributed by atoms with Crippen LogP contribution < -0.4 is 4.74 Å². The van der Waals surface area contributed by atoms with Gasteiger partial charge in [-0.25, -0.2) is 4.98 Å². The van der Waals surface area contributed by atoms with E-state index in [1.54, 1.807) is 0 Å². The molecule has 0 radical (unpaired) electrons. The van der Waals surface area contributed by atoms with Gasteiger partial charge in [0.25, 0.3) is 0 Å². The highest BCUT2D eigenvalue weighted by Crippen LogP contribution is 2.40. The first kappa shape index (κ1) is 13.4. The second-order valence-electron chi connectivity index (χ2n) is 4.38. The third-order valence-electron chi connectivity index (χ3n) is 2.75. The Kier molecular flexibility index (Phi) is 3.40. The zero-order valence-electron chi connectivity index (χ0n) is 9.88. The van der Waals surface area contributed by atoms with Gasteiger partial charge in [-0.15, -0.1) is 0 Å². The van der Waals surface area contributed by atoms with Crippen molar-refractivity contribution in [3.05, 3.63) is 16.5 Å². The van der Waals surface area contributed by atoms with Crippen LogP contribution in [0, 0.1) is 6.92 Å². The number of hydrogen-bond acceptors (Lipinski definition) is 3. The van der Waals surface area contributed by atoms with Gasteiger partial charge in [0.05, 0.1) is 0 Å². The van der Waals surface area contributed by atoms with Gasteiger partial charge < -0.3 is 4.74 Å². The molecule has 1 saturated carbocycles. The van der Waals surface area contributed by atoms with Gasteiger partial charge in [0.2, 0.25) is 5.88 Å². The number of alkyl halides is 3. The maximum absolute atomic E-state index is 12.4. The van der Waals surface area contributed by atoms with E-state index in [0.717, 1.165) is 19.8 Å². The molecule has 0 amide bonds. The number of ether oxygens (including phenoxy) is 1. The van der Waals surface area contributed by atoms with Crippen LogP contribution in [0.3, 0.4) is 0 Å². The Bertz CT molecular complexity index is 460. The van der Waals surface area contributed by atoms with Gasteiger partial charge >= 0.3 is 6.18 Å². The molecule has 1 aromatic heterocycles. The molecule has 18 heavy (non-hydrogen) atoms. The Balaban J connectivity index is 2.26. The van der Waals surface area contributed by atoms with Crippen molar-refractivity contribution in [1.82, 2.24) is 9.97 Å². The van der Waals surface area contributed by atoms with Gasteiger partial charge in [-0.3, -0.25) is 0 Å². The first-order chi connectivity index (χ1) is 8.29. The summed E-state index contributed by atoms with van der Waals surface area (Å²) in [6.07, 6.45) is -4.47. The molecule has 100 valence electrons. The molecule has 0 spiro atoms. The second kappa shape index (κ2) is 4.57. The Morgan fingerprint density at radius 1 is 1.33 bits per heavy atom. The Hall–Kier alpha value is -1.04. The van der Waals surface area contributed by atoms with E-state index >= 15 is 0 Å². The van der Waals surface area contributed by atoms with Crippen molar-refractivity contribution in [3.8, 4) is 5.88 Å². The predicted molar refractivity (Wildman–Crippen MR) is 59.9 cm³/mol. The van der Waals surface area contributed by atoms with E-state index in [1.165, 1.54) is 6.92 Å². The summed E-state index contributed by atoms with van der Waals surface area (Å²) < 4.78 is 42.2. The van der Waals surface area contributed by atoms with Crippen LogP contribution in [-0.2, 0) is 0 Å². The largest absolute Gasteiger partial charge is 0.465 e. The zero-order chi connectivity index (χ0) is 13.5.